The third-order valence-electron chi connectivity index (χ3n) is 3.95. The monoisotopic (exact) mass is 406 g/mol. The molecule has 2 amide bonds. The Hall–Kier alpha value is -3.63. The molecule has 0 spiro atoms. The van der Waals surface area contributed by atoms with Crippen LogP contribution in [-0.4, -0.2) is 31.9 Å². The molecule has 0 fully saturated rings. The van der Waals surface area contributed by atoms with Crippen LogP contribution in [0, 0.1) is 20.8 Å². The van der Waals surface area contributed by atoms with Crippen LogP contribution in [0.15, 0.2) is 36.7 Å². The SMILES string of the molecule is Cc1nc(C)n(-c2ncc(NC(=O)Nc3ccc(OC(F)(F)F)cc3)cn2)c1C. The number of carbonyl (C=O) groups is 1. The van der Waals surface area contributed by atoms with E-state index >= 15 is 0 Å². The molecule has 0 saturated heterocycles. The van der Waals surface area contributed by atoms with Gasteiger partial charge >= 0.3 is 12.4 Å². The Labute approximate surface area is 163 Å². The molecule has 0 aliphatic carbocycles. The highest BCUT2D eigenvalue weighted by molar-refractivity contribution is 5.99. The first-order valence-corrected chi connectivity index (χ1v) is 8.41. The van der Waals surface area contributed by atoms with Gasteiger partial charge in [0.2, 0.25) is 5.95 Å². The number of nitrogens with one attached hydrogen (secondary N) is 2. The number of carbonyl (C=O) groups excluding carboxylic acids is 1. The van der Waals surface area contributed by atoms with Gasteiger partial charge in [-0.1, -0.05) is 0 Å². The number of hydrogen-bond acceptors (Lipinski definition) is 5. The second kappa shape index (κ2) is 7.78. The highest BCUT2D eigenvalue weighted by atomic mass is 19.4. The number of nitrogens with zero attached hydrogens (tertiary/aromatic N) is 4. The molecule has 0 aliphatic heterocycles. The van der Waals surface area contributed by atoms with Crippen LogP contribution in [0.1, 0.15) is 17.2 Å². The molecule has 3 aromatic rings. The van der Waals surface area contributed by atoms with Gasteiger partial charge in [0, 0.05) is 11.4 Å². The molecule has 0 radical (unpaired) electrons. The molecule has 3 rings (SSSR count). The van der Waals surface area contributed by atoms with Crippen LogP contribution in [0.3, 0.4) is 0 Å². The summed E-state index contributed by atoms with van der Waals surface area (Å²) in [6.45, 7) is 5.64. The van der Waals surface area contributed by atoms with Crippen molar-refractivity contribution in [3.8, 4) is 11.7 Å². The fourth-order valence-electron chi connectivity index (χ4n) is 2.61. The van der Waals surface area contributed by atoms with Crippen molar-refractivity contribution >= 4 is 17.4 Å². The summed E-state index contributed by atoms with van der Waals surface area (Å²) < 4.78 is 42.0. The van der Waals surface area contributed by atoms with Gasteiger partial charge in [0.1, 0.15) is 11.6 Å². The topological polar surface area (TPSA) is 94.0 Å². The summed E-state index contributed by atoms with van der Waals surface area (Å²) in [5.74, 6) is 0.788. The van der Waals surface area contributed by atoms with E-state index in [0.717, 1.165) is 29.3 Å². The van der Waals surface area contributed by atoms with Crippen LogP contribution in [0.4, 0.5) is 29.3 Å². The Bertz CT molecular complexity index is 1010. The predicted octanol–water partition coefficient (Wildman–Crippen LogP) is 4.13. The average molecular weight is 406 g/mol. The summed E-state index contributed by atoms with van der Waals surface area (Å²) in [5, 5.41) is 5.04. The number of halogens is 3. The van der Waals surface area contributed by atoms with Crippen molar-refractivity contribution in [3.63, 3.8) is 0 Å². The average Bonchev–Trinajstić information content (AvgIpc) is 2.88. The molecule has 0 aliphatic rings. The predicted molar refractivity (Wildman–Crippen MR) is 99.1 cm³/mol. The zero-order valence-electron chi connectivity index (χ0n) is 15.7. The quantitative estimate of drug-likeness (QED) is 0.680. The van der Waals surface area contributed by atoms with E-state index in [4.69, 9.17) is 0 Å². The molecule has 1 aromatic carbocycles. The van der Waals surface area contributed by atoms with Crippen LogP contribution < -0.4 is 15.4 Å². The molecule has 29 heavy (non-hydrogen) atoms. The van der Waals surface area contributed by atoms with Crippen LogP contribution in [0.25, 0.3) is 5.95 Å². The van der Waals surface area contributed by atoms with E-state index < -0.39 is 12.4 Å². The summed E-state index contributed by atoms with van der Waals surface area (Å²) in [5.41, 5.74) is 2.42. The smallest absolute Gasteiger partial charge is 0.406 e. The molecule has 11 heteroatoms. The standard InChI is InChI=1S/C18H17F3N6O2/c1-10-11(2)27(12(3)24-10)16-22-8-14(9-23-16)26-17(28)25-13-4-6-15(7-5-13)29-18(19,20)21/h4-9H,1-3H3,(H2,25,26,28). The zero-order chi connectivity index (χ0) is 21.2. The molecule has 2 heterocycles. The van der Waals surface area contributed by atoms with Gasteiger partial charge in [-0.2, -0.15) is 0 Å². The minimum absolute atomic E-state index is 0.287. The maximum Gasteiger partial charge on any atom is 0.573 e. The van der Waals surface area contributed by atoms with Gasteiger partial charge in [-0.05, 0) is 45.0 Å². The van der Waals surface area contributed by atoms with E-state index in [0.29, 0.717) is 11.6 Å². The Kier molecular flexibility index (Phi) is 5.39. The van der Waals surface area contributed by atoms with Crippen molar-refractivity contribution in [2.75, 3.05) is 10.6 Å². The first-order valence-electron chi connectivity index (χ1n) is 8.41. The number of hydrogen-bond donors (Lipinski definition) is 2. The van der Waals surface area contributed by atoms with Crippen molar-refractivity contribution in [1.29, 1.82) is 0 Å². The van der Waals surface area contributed by atoms with Gasteiger partial charge in [0.15, 0.2) is 0 Å². The van der Waals surface area contributed by atoms with E-state index in [9.17, 15) is 18.0 Å². The number of ether oxygens (including phenoxy) is 1. The molecule has 8 nitrogen and oxygen atoms in total. The lowest BCUT2D eigenvalue weighted by Gasteiger charge is -2.11. The van der Waals surface area contributed by atoms with E-state index in [-0.39, 0.29) is 11.4 Å². The minimum Gasteiger partial charge on any atom is -0.406 e. The minimum atomic E-state index is -4.77. The van der Waals surface area contributed by atoms with Crippen LogP contribution in [0.2, 0.25) is 0 Å². The molecular weight excluding hydrogens is 389 g/mol. The van der Waals surface area contributed by atoms with Crippen LogP contribution >= 0.6 is 0 Å². The Morgan fingerprint density at radius 3 is 2.10 bits per heavy atom. The lowest BCUT2D eigenvalue weighted by atomic mass is 10.3. The number of urea groups is 1. The van der Waals surface area contributed by atoms with Gasteiger partial charge in [-0.25, -0.2) is 19.7 Å². The lowest BCUT2D eigenvalue weighted by Crippen LogP contribution is -2.20. The van der Waals surface area contributed by atoms with Crippen LogP contribution in [0.5, 0.6) is 5.75 Å². The number of rotatable bonds is 4. The van der Waals surface area contributed by atoms with Crippen molar-refractivity contribution in [3.05, 3.63) is 53.9 Å². The Balaban J connectivity index is 1.62. The number of aromatic nitrogens is 4. The molecule has 152 valence electrons. The third kappa shape index (κ3) is 5.00. The first kappa shape index (κ1) is 20.1. The van der Waals surface area contributed by atoms with Crippen molar-refractivity contribution in [2.24, 2.45) is 0 Å². The number of amides is 2. The maximum atomic E-state index is 12.2. The van der Waals surface area contributed by atoms with E-state index in [1.165, 1.54) is 24.5 Å². The van der Waals surface area contributed by atoms with Gasteiger partial charge in [-0.15, -0.1) is 13.2 Å². The highest BCUT2D eigenvalue weighted by Gasteiger charge is 2.30. The van der Waals surface area contributed by atoms with Crippen molar-refractivity contribution in [1.82, 2.24) is 19.5 Å². The van der Waals surface area contributed by atoms with Gasteiger partial charge in [-0.3, -0.25) is 4.57 Å². The molecular formula is C18H17F3N6O2. The normalized spacial score (nSPS) is 11.2. The van der Waals surface area contributed by atoms with E-state index in [2.05, 4.69) is 30.3 Å². The number of alkyl halides is 3. The van der Waals surface area contributed by atoms with E-state index in [1.807, 2.05) is 20.8 Å². The summed E-state index contributed by atoms with van der Waals surface area (Å²) in [7, 11) is 0. The fraction of sp³-hybridized carbons (Fsp3) is 0.222. The summed E-state index contributed by atoms with van der Waals surface area (Å²) in [6.07, 6.45) is -1.89. The molecule has 2 aromatic heterocycles. The van der Waals surface area contributed by atoms with Crippen LogP contribution in [-0.2, 0) is 0 Å². The second-order valence-corrected chi connectivity index (χ2v) is 6.09. The van der Waals surface area contributed by atoms with Crippen molar-refractivity contribution in [2.45, 2.75) is 27.1 Å². The Morgan fingerprint density at radius 2 is 1.59 bits per heavy atom. The molecule has 0 saturated carbocycles. The lowest BCUT2D eigenvalue weighted by molar-refractivity contribution is -0.274. The largest absolute Gasteiger partial charge is 0.573 e. The number of aryl methyl sites for hydroxylation is 2. The zero-order valence-corrected chi connectivity index (χ0v) is 15.7. The summed E-state index contributed by atoms with van der Waals surface area (Å²) in [6, 6.07) is 4.16. The second-order valence-electron chi connectivity index (χ2n) is 6.09. The van der Waals surface area contributed by atoms with Gasteiger partial charge in [0.05, 0.1) is 23.8 Å². The third-order valence-corrected chi connectivity index (χ3v) is 3.95. The van der Waals surface area contributed by atoms with E-state index in [1.54, 1.807) is 4.57 Å². The summed E-state index contributed by atoms with van der Waals surface area (Å²) >= 11 is 0. The number of benzene rings is 1. The maximum absolute atomic E-state index is 12.2. The summed E-state index contributed by atoms with van der Waals surface area (Å²) in [4.78, 5) is 24.9. The Morgan fingerprint density at radius 1 is 1.00 bits per heavy atom. The molecule has 0 bridgehead atoms. The number of anilines is 2. The molecule has 2 N–H and O–H groups in total. The number of imidazole rings is 1. The van der Waals surface area contributed by atoms with Gasteiger partial charge in [0.25, 0.3) is 0 Å². The molecule has 0 unspecified atom stereocenters. The highest BCUT2D eigenvalue weighted by Crippen LogP contribution is 2.24. The molecule has 0 atom stereocenters. The first-order chi connectivity index (χ1) is 13.6. The van der Waals surface area contributed by atoms with Gasteiger partial charge < -0.3 is 15.4 Å². The fourth-order valence-corrected chi connectivity index (χ4v) is 2.61. The van der Waals surface area contributed by atoms with Crippen molar-refractivity contribution < 1.29 is 22.7 Å².